The van der Waals surface area contributed by atoms with Gasteiger partial charge in [-0.05, 0) is 99.7 Å². The number of carbonyl (C=O) groups is 9. The first-order valence-corrected chi connectivity index (χ1v) is 28.3. The van der Waals surface area contributed by atoms with E-state index in [0.29, 0.717) is 18.4 Å². The zero-order valence-electron chi connectivity index (χ0n) is 49.7. The predicted octanol–water partition coefficient (Wildman–Crippen LogP) is -4.79. The van der Waals surface area contributed by atoms with Crippen molar-refractivity contribution < 1.29 is 53.4 Å². The number of hydrogen-bond acceptors (Lipinski definition) is 15. The number of carbonyl (C=O) groups excluding carboxylic acids is 8. The zero-order valence-corrected chi connectivity index (χ0v) is 49.7. The van der Waals surface area contributed by atoms with E-state index in [1.165, 1.54) is 12.1 Å². The van der Waals surface area contributed by atoms with E-state index in [-0.39, 0.29) is 132 Å². The van der Waals surface area contributed by atoms with E-state index in [4.69, 9.17) is 51.6 Å². The molecule has 9 atom stereocenters. The molecule has 0 aliphatic heterocycles. The third-order valence-corrected chi connectivity index (χ3v) is 12.9. The summed E-state index contributed by atoms with van der Waals surface area (Å²) < 4.78 is 0. The van der Waals surface area contributed by atoms with E-state index in [1.807, 2.05) is 13.8 Å². The van der Waals surface area contributed by atoms with Gasteiger partial charge in [0.1, 0.15) is 48.0 Å². The van der Waals surface area contributed by atoms with Crippen molar-refractivity contribution in [3.05, 3.63) is 29.8 Å². The highest BCUT2D eigenvalue weighted by Crippen LogP contribution is 2.16. The molecule has 0 aliphatic carbocycles. The van der Waals surface area contributed by atoms with Crippen LogP contribution in [0, 0.1) is 17.8 Å². The Labute approximate surface area is 496 Å². The van der Waals surface area contributed by atoms with E-state index in [9.17, 15) is 53.4 Å². The lowest BCUT2D eigenvalue weighted by atomic mass is 9.97. The quantitative estimate of drug-likeness (QED) is 0.0166. The number of nitrogens with one attached hydrogen (secondary N) is 8. The fourth-order valence-corrected chi connectivity index (χ4v) is 8.29. The Hall–Kier alpha value is -8.71. The summed E-state index contributed by atoms with van der Waals surface area (Å²) in [7, 11) is 0. The first kappa shape index (κ1) is 74.3. The van der Waals surface area contributed by atoms with Crippen molar-refractivity contribution in [3.8, 4) is 5.75 Å². The molecule has 0 fully saturated rings. The molecule has 0 radical (unpaired) electrons. The van der Waals surface area contributed by atoms with E-state index in [2.05, 4.69) is 62.5 Å². The van der Waals surface area contributed by atoms with Crippen molar-refractivity contribution in [2.75, 3.05) is 32.7 Å². The maximum absolute atomic E-state index is 14.5. The van der Waals surface area contributed by atoms with Crippen LogP contribution in [-0.2, 0) is 49.6 Å². The Balaban J connectivity index is 3.53. The van der Waals surface area contributed by atoms with Gasteiger partial charge in [-0.2, -0.15) is 0 Å². The van der Waals surface area contributed by atoms with Gasteiger partial charge in [-0.3, -0.25) is 58.3 Å². The molecular formula is C53H95N21O11. The first-order chi connectivity index (χ1) is 39.9. The molecule has 8 amide bonds. The van der Waals surface area contributed by atoms with Crippen LogP contribution in [0.15, 0.2) is 44.2 Å². The van der Waals surface area contributed by atoms with Crippen molar-refractivity contribution >= 4 is 77.1 Å². The molecule has 0 heterocycles. The summed E-state index contributed by atoms with van der Waals surface area (Å²) in [6.45, 7) is 10.4. The van der Waals surface area contributed by atoms with Crippen molar-refractivity contribution in [1.82, 2.24) is 42.5 Å². The molecule has 0 aliphatic rings. The number of hydrogen-bond donors (Lipinski definition) is 19. The lowest BCUT2D eigenvalue weighted by Crippen LogP contribution is -2.60. The number of nitrogens with two attached hydrogens (primary N) is 9. The van der Waals surface area contributed by atoms with Crippen molar-refractivity contribution in [2.24, 2.45) is 89.3 Å². The Morgan fingerprint density at radius 1 is 0.471 bits per heavy atom. The van der Waals surface area contributed by atoms with Crippen molar-refractivity contribution in [2.45, 2.75) is 167 Å². The van der Waals surface area contributed by atoms with Gasteiger partial charge in [0.15, 0.2) is 23.8 Å². The van der Waals surface area contributed by atoms with Crippen molar-refractivity contribution in [1.29, 1.82) is 0 Å². The van der Waals surface area contributed by atoms with Gasteiger partial charge in [-0.25, -0.2) is 4.79 Å². The average Bonchev–Trinajstić information content (AvgIpc) is 3.62. The topological polar surface area (TPSA) is 574 Å². The molecule has 0 spiro atoms. The van der Waals surface area contributed by atoms with Gasteiger partial charge in [-0.15, -0.1) is 0 Å². The van der Waals surface area contributed by atoms with Gasteiger partial charge >= 0.3 is 5.97 Å². The molecule has 0 saturated carbocycles. The zero-order chi connectivity index (χ0) is 64.3. The molecule has 28 N–H and O–H groups in total. The number of amides is 8. The number of phenols is 1. The summed E-state index contributed by atoms with van der Waals surface area (Å²) in [5.41, 5.74) is 50.1. The number of rotatable bonds is 41. The number of aliphatic carboxylic acids is 1. The summed E-state index contributed by atoms with van der Waals surface area (Å²) in [5.74, 6) is -9.40. The maximum Gasteiger partial charge on any atom is 0.326 e. The molecule has 478 valence electrons. The molecule has 0 aromatic heterocycles. The first-order valence-electron chi connectivity index (χ1n) is 28.3. The number of carboxylic acids is 1. The highest BCUT2D eigenvalue weighted by atomic mass is 16.4. The number of phenolic OH excluding ortho intramolecular Hbond substituents is 1. The minimum atomic E-state index is -1.38. The SMILES string of the molecule is CC[C@H](C)[C@H](NC(=O)[C@H](CCCN=C(N)N)NC(=O)[C@H](CC(C)C)NC(=O)[C@H](Cc1ccc(O)cc1)NC(=O)[C@H](CC(C)C)NC(=O)[C@@H](N)CCCN=C(N)N)C(=O)NCC(=O)N[C@@H](CCCN=C(N)N)C(=O)N[C@@H](CCCN=C(N)N)C(=O)O. The van der Waals surface area contributed by atoms with Crippen LogP contribution in [0.5, 0.6) is 5.75 Å². The average molecular weight is 1200 g/mol. The lowest BCUT2D eigenvalue weighted by molar-refractivity contribution is -0.142. The van der Waals surface area contributed by atoms with E-state index in [0.717, 1.165) is 0 Å². The number of nitrogens with zero attached hydrogens (tertiary/aromatic N) is 4. The second-order valence-corrected chi connectivity index (χ2v) is 21.4. The molecule has 1 aromatic rings. The summed E-state index contributed by atoms with van der Waals surface area (Å²) in [6, 6.07) is -4.35. The highest BCUT2D eigenvalue weighted by Gasteiger charge is 2.35. The molecule has 0 saturated heterocycles. The van der Waals surface area contributed by atoms with Gasteiger partial charge < -0.3 is 104 Å². The summed E-state index contributed by atoms with van der Waals surface area (Å²) in [4.78, 5) is 139. The van der Waals surface area contributed by atoms with Crippen molar-refractivity contribution in [3.63, 3.8) is 0 Å². The third-order valence-electron chi connectivity index (χ3n) is 12.9. The second kappa shape index (κ2) is 39.7. The molecule has 0 bridgehead atoms. The predicted molar refractivity (Wildman–Crippen MR) is 322 cm³/mol. The number of carboxylic acid groups (broad SMARTS) is 1. The van der Waals surface area contributed by atoms with Gasteiger partial charge in [0.05, 0.1) is 12.6 Å². The van der Waals surface area contributed by atoms with Crippen LogP contribution in [0.1, 0.15) is 118 Å². The Bertz CT molecular complexity index is 2440. The molecule has 1 aromatic carbocycles. The Kier molecular flexibility index (Phi) is 34.7. The summed E-state index contributed by atoms with van der Waals surface area (Å²) in [5, 5.41) is 40.8. The number of benzene rings is 1. The van der Waals surface area contributed by atoms with Crippen LogP contribution in [0.25, 0.3) is 0 Å². The molecule has 1 rings (SSSR count). The van der Waals surface area contributed by atoms with Crippen LogP contribution in [0.4, 0.5) is 0 Å². The Morgan fingerprint density at radius 2 is 0.835 bits per heavy atom. The monoisotopic (exact) mass is 1200 g/mol. The third kappa shape index (κ3) is 32.1. The molecule has 32 heteroatoms. The van der Waals surface area contributed by atoms with Crippen LogP contribution in [0.3, 0.4) is 0 Å². The standard InChI is InChI=1S/C53H95N21O11/c1-7-30(6)41(48(83)67-27-40(76)68-34(13-9-21-64-51(57)58)43(78)70-36(49(84)85)15-11-23-66-53(61)62)74-44(79)35(14-10-22-65-52(59)60)69-45(80)38(25-29(4)5)72-47(82)39(26-31-16-18-32(75)19-17-31)73-46(81)37(24-28(2)3)71-42(77)33(54)12-8-20-63-50(55)56/h16-19,28-30,33-39,41,75H,7-15,20-27,54H2,1-6H3,(H,67,83)(H,68,76)(H,69,80)(H,70,78)(H,71,77)(H,72,82)(H,73,81)(H,74,79)(H,84,85)(H4,55,56,63)(H4,57,58,64)(H4,59,60,65)(H4,61,62,66)/t30-,33-,34-,35-,36-,37-,38-,39-,41-/m0/s1. The van der Waals surface area contributed by atoms with Gasteiger partial charge in [0.2, 0.25) is 47.3 Å². The molecule has 32 nitrogen and oxygen atoms in total. The largest absolute Gasteiger partial charge is 0.508 e. The normalized spacial score (nSPS) is 14.1. The van der Waals surface area contributed by atoms with Gasteiger partial charge in [0, 0.05) is 32.6 Å². The molecular weight excluding hydrogens is 1110 g/mol. The van der Waals surface area contributed by atoms with Crippen LogP contribution in [0.2, 0.25) is 0 Å². The van der Waals surface area contributed by atoms with Crippen LogP contribution < -0.4 is 94.1 Å². The van der Waals surface area contributed by atoms with Gasteiger partial charge in [0.25, 0.3) is 0 Å². The smallest absolute Gasteiger partial charge is 0.326 e. The number of aliphatic imine (C=N–C) groups is 4. The van der Waals surface area contributed by atoms with E-state index in [1.54, 1.807) is 39.8 Å². The minimum absolute atomic E-state index is 0.0322. The number of guanidine groups is 4. The molecule has 85 heavy (non-hydrogen) atoms. The molecule has 0 unspecified atom stereocenters. The number of aromatic hydroxyl groups is 1. The van der Waals surface area contributed by atoms with Gasteiger partial charge in [-0.1, -0.05) is 60.1 Å². The van der Waals surface area contributed by atoms with Crippen LogP contribution in [-0.4, -0.2) is 168 Å². The second-order valence-electron chi connectivity index (χ2n) is 21.4. The summed E-state index contributed by atoms with van der Waals surface area (Å²) in [6.07, 6.45) is 1.28. The van der Waals surface area contributed by atoms with E-state index < -0.39 is 114 Å². The summed E-state index contributed by atoms with van der Waals surface area (Å²) >= 11 is 0. The fraction of sp³-hybridized carbons (Fsp3) is 0.642. The Morgan fingerprint density at radius 3 is 1.27 bits per heavy atom. The highest BCUT2D eigenvalue weighted by molar-refractivity contribution is 5.98. The maximum atomic E-state index is 14.5. The van der Waals surface area contributed by atoms with E-state index >= 15 is 0 Å². The van der Waals surface area contributed by atoms with Crippen LogP contribution >= 0.6 is 0 Å². The minimum Gasteiger partial charge on any atom is -0.508 e. The lowest BCUT2D eigenvalue weighted by Gasteiger charge is -2.29. The fourth-order valence-electron chi connectivity index (χ4n) is 8.29.